The lowest BCUT2D eigenvalue weighted by Crippen LogP contribution is -2.51. The molecule has 2 N–H and O–H groups in total. The molecule has 3 unspecified atom stereocenters. The van der Waals surface area contributed by atoms with E-state index in [2.05, 4.69) is 35.0 Å². The number of carbonyl (C=O) groups is 1. The highest BCUT2D eigenvalue weighted by Crippen LogP contribution is 2.22. The molecule has 1 fully saturated rings. The van der Waals surface area contributed by atoms with Crippen LogP contribution in [-0.4, -0.2) is 42.6 Å². The van der Waals surface area contributed by atoms with E-state index < -0.39 is 0 Å². The van der Waals surface area contributed by atoms with E-state index in [9.17, 15) is 4.79 Å². The van der Waals surface area contributed by atoms with Gasteiger partial charge < -0.3 is 15.4 Å². The lowest BCUT2D eigenvalue weighted by Gasteiger charge is -2.35. The van der Waals surface area contributed by atoms with Crippen molar-refractivity contribution in [1.82, 2.24) is 4.90 Å². The topological polar surface area (TPSA) is 55.6 Å². The Morgan fingerprint density at radius 1 is 1.43 bits per heavy atom. The third-order valence-corrected chi connectivity index (χ3v) is 4.48. The molecular weight excluding hydrogens is 332 g/mol. The van der Waals surface area contributed by atoms with E-state index in [4.69, 9.17) is 10.5 Å². The van der Waals surface area contributed by atoms with Gasteiger partial charge in [-0.25, -0.2) is 0 Å². The molecule has 1 aliphatic rings. The predicted molar refractivity (Wildman–Crippen MR) is 87.1 cm³/mol. The van der Waals surface area contributed by atoms with Crippen molar-refractivity contribution >= 4 is 21.8 Å². The fraction of sp³-hybridized carbons (Fsp3) is 0.562. The van der Waals surface area contributed by atoms with Crippen LogP contribution in [0.25, 0.3) is 0 Å². The van der Waals surface area contributed by atoms with Gasteiger partial charge in [-0.15, -0.1) is 0 Å². The zero-order valence-electron chi connectivity index (χ0n) is 12.6. The van der Waals surface area contributed by atoms with Crippen molar-refractivity contribution in [2.45, 2.75) is 38.3 Å². The highest BCUT2D eigenvalue weighted by Gasteiger charge is 2.27. The first-order chi connectivity index (χ1) is 9.97. The minimum atomic E-state index is -0.0514. The van der Waals surface area contributed by atoms with E-state index in [-0.39, 0.29) is 24.0 Å². The number of ether oxygens (including phenoxy) is 1. The van der Waals surface area contributed by atoms with Crippen LogP contribution in [0.5, 0.6) is 0 Å². The molecule has 21 heavy (non-hydrogen) atoms. The molecule has 116 valence electrons. The maximum Gasteiger partial charge on any atom is 0.223 e. The molecule has 1 aromatic rings. The smallest absolute Gasteiger partial charge is 0.223 e. The second-order valence-electron chi connectivity index (χ2n) is 5.76. The minimum Gasteiger partial charge on any atom is -0.373 e. The molecule has 3 atom stereocenters. The number of carbonyl (C=O) groups excluding carboxylic acids is 1. The van der Waals surface area contributed by atoms with Crippen molar-refractivity contribution in [1.29, 1.82) is 0 Å². The highest BCUT2D eigenvalue weighted by atomic mass is 79.9. The molecule has 1 aliphatic heterocycles. The molecule has 0 saturated carbocycles. The summed E-state index contributed by atoms with van der Waals surface area (Å²) in [6.45, 7) is 5.84. The molecule has 1 amide bonds. The summed E-state index contributed by atoms with van der Waals surface area (Å²) in [6, 6.07) is 8.09. The number of amides is 1. The van der Waals surface area contributed by atoms with Crippen LogP contribution in [0.3, 0.4) is 0 Å². The Kier molecular flexibility index (Phi) is 5.79. The molecule has 0 aromatic heterocycles. The van der Waals surface area contributed by atoms with E-state index in [1.807, 2.05) is 24.0 Å². The number of nitrogens with zero attached hydrogens (tertiary/aromatic N) is 1. The van der Waals surface area contributed by atoms with Gasteiger partial charge in [0.25, 0.3) is 0 Å². The standard InChI is InChI=1S/C16H23BrN2O2/c1-11(13-3-5-14(17)6-4-13)9-16(20)19-7-8-21-15(10-19)12(2)18/h3-6,11-12,15H,7-10,18H2,1-2H3. The fourth-order valence-electron chi connectivity index (χ4n) is 2.52. The predicted octanol–water partition coefficient (Wildman–Crippen LogP) is 2.52. The number of rotatable bonds is 4. The van der Waals surface area contributed by atoms with Gasteiger partial charge >= 0.3 is 0 Å². The summed E-state index contributed by atoms with van der Waals surface area (Å²) in [6.07, 6.45) is 0.471. The summed E-state index contributed by atoms with van der Waals surface area (Å²) in [7, 11) is 0. The summed E-state index contributed by atoms with van der Waals surface area (Å²) in [5.74, 6) is 0.390. The van der Waals surface area contributed by atoms with Crippen LogP contribution in [-0.2, 0) is 9.53 Å². The monoisotopic (exact) mass is 354 g/mol. The van der Waals surface area contributed by atoms with Gasteiger partial charge in [0, 0.05) is 30.0 Å². The fourth-order valence-corrected chi connectivity index (χ4v) is 2.78. The van der Waals surface area contributed by atoms with E-state index >= 15 is 0 Å². The number of hydrogen-bond donors (Lipinski definition) is 1. The largest absolute Gasteiger partial charge is 0.373 e. The van der Waals surface area contributed by atoms with Crippen molar-refractivity contribution < 1.29 is 9.53 Å². The quantitative estimate of drug-likeness (QED) is 0.903. The zero-order chi connectivity index (χ0) is 15.4. The van der Waals surface area contributed by atoms with E-state index in [0.717, 1.165) is 4.47 Å². The third kappa shape index (κ3) is 4.53. The van der Waals surface area contributed by atoms with Gasteiger partial charge in [-0.1, -0.05) is 35.0 Å². The third-order valence-electron chi connectivity index (χ3n) is 3.95. The molecule has 4 nitrogen and oxygen atoms in total. The van der Waals surface area contributed by atoms with Crippen LogP contribution in [0, 0.1) is 0 Å². The van der Waals surface area contributed by atoms with Gasteiger partial charge in [0.1, 0.15) is 0 Å². The first-order valence-electron chi connectivity index (χ1n) is 7.38. The molecule has 5 heteroatoms. The molecular formula is C16H23BrN2O2. The Morgan fingerprint density at radius 2 is 2.10 bits per heavy atom. The number of hydrogen-bond acceptors (Lipinski definition) is 3. The number of benzene rings is 1. The summed E-state index contributed by atoms with van der Waals surface area (Å²) in [4.78, 5) is 14.3. The van der Waals surface area contributed by atoms with Gasteiger partial charge in [0.05, 0.1) is 12.7 Å². The van der Waals surface area contributed by atoms with Gasteiger partial charge in [0.15, 0.2) is 0 Å². The summed E-state index contributed by atoms with van der Waals surface area (Å²) < 4.78 is 6.65. The van der Waals surface area contributed by atoms with E-state index in [1.54, 1.807) is 0 Å². The van der Waals surface area contributed by atoms with Crippen molar-refractivity contribution in [3.05, 3.63) is 34.3 Å². The number of morpholine rings is 1. The van der Waals surface area contributed by atoms with Crippen LogP contribution < -0.4 is 5.73 Å². The minimum absolute atomic E-state index is 0.0503. The van der Waals surface area contributed by atoms with Crippen molar-refractivity contribution in [2.24, 2.45) is 5.73 Å². The van der Waals surface area contributed by atoms with Gasteiger partial charge in [-0.3, -0.25) is 4.79 Å². The van der Waals surface area contributed by atoms with Crippen LogP contribution in [0.1, 0.15) is 31.7 Å². The van der Waals surface area contributed by atoms with Crippen LogP contribution in [0.4, 0.5) is 0 Å². The maximum atomic E-state index is 12.4. The second kappa shape index (κ2) is 7.38. The average Bonchev–Trinajstić information content (AvgIpc) is 2.48. The average molecular weight is 355 g/mol. The first-order valence-corrected chi connectivity index (χ1v) is 8.17. The van der Waals surface area contributed by atoms with Crippen LogP contribution >= 0.6 is 15.9 Å². The van der Waals surface area contributed by atoms with Gasteiger partial charge in [0.2, 0.25) is 5.91 Å². The molecule has 1 aromatic carbocycles. The van der Waals surface area contributed by atoms with Crippen LogP contribution in [0.2, 0.25) is 0 Å². The van der Waals surface area contributed by atoms with Crippen LogP contribution in [0.15, 0.2) is 28.7 Å². The van der Waals surface area contributed by atoms with Crippen molar-refractivity contribution in [3.63, 3.8) is 0 Å². The molecule has 2 rings (SSSR count). The van der Waals surface area contributed by atoms with Gasteiger partial charge in [-0.2, -0.15) is 0 Å². The Balaban J connectivity index is 1.92. The summed E-state index contributed by atoms with van der Waals surface area (Å²) >= 11 is 3.43. The SMILES string of the molecule is CC(CC(=O)N1CCOC(C(C)N)C1)c1ccc(Br)cc1. The molecule has 0 spiro atoms. The Bertz CT molecular complexity index is 476. The highest BCUT2D eigenvalue weighted by molar-refractivity contribution is 9.10. The maximum absolute atomic E-state index is 12.4. The van der Waals surface area contributed by atoms with E-state index in [0.29, 0.717) is 26.1 Å². The summed E-state index contributed by atoms with van der Waals surface area (Å²) in [5, 5.41) is 0. The first kappa shape index (κ1) is 16.5. The van der Waals surface area contributed by atoms with Crippen molar-refractivity contribution in [2.75, 3.05) is 19.7 Å². The molecule has 0 bridgehead atoms. The summed E-state index contributed by atoms with van der Waals surface area (Å²) in [5.41, 5.74) is 7.05. The van der Waals surface area contributed by atoms with Crippen molar-refractivity contribution in [3.8, 4) is 0 Å². The van der Waals surface area contributed by atoms with E-state index in [1.165, 1.54) is 5.56 Å². The Morgan fingerprint density at radius 3 is 2.71 bits per heavy atom. The molecule has 1 saturated heterocycles. The molecule has 0 radical (unpaired) electrons. The Labute approximate surface area is 134 Å². The van der Waals surface area contributed by atoms with Gasteiger partial charge in [-0.05, 0) is 30.5 Å². The lowest BCUT2D eigenvalue weighted by atomic mass is 9.97. The number of halogens is 1. The number of nitrogens with two attached hydrogens (primary N) is 1. The Hall–Kier alpha value is -0.910. The normalized spacial score (nSPS) is 21.9. The molecule has 0 aliphatic carbocycles. The second-order valence-corrected chi connectivity index (χ2v) is 6.68. The lowest BCUT2D eigenvalue weighted by molar-refractivity contribution is -0.139. The molecule has 1 heterocycles. The zero-order valence-corrected chi connectivity index (χ0v) is 14.2.